The van der Waals surface area contributed by atoms with Gasteiger partial charge >= 0.3 is 5.97 Å². The second-order valence-corrected chi connectivity index (χ2v) is 6.39. The topological polar surface area (TPSA) is 73.6 Å². The second-order valence-electron chi connectivity index (χ2n) is 4.01. The number of carboxylic acid groups (broad SMARTS) is 1. The van der Waals surface area contributed by atoms with Gasteiger partial charge in [-0.25, -0.2) is 9.48 Å². The van der Waals surface area contributed by atoms with E-state index in [0.717, 1.165) is 5.75 Å². The third kappa shape index (κ3) is 4.67. The van der Waals surface area contributed by atoms with Gasteiger partial charge in [-0.05, 0) is 10.9 Å². The van der Waals surface area contributed by atoms with E-state index in [-0.39, 0.29) is 19.0 Å². The maximum Gasteiger partial charge on any atom is 0.356 e. The average Bonchev–Trinajstić information content (AvgIpc) is 2.68. The first-order valence-corrected chi connectivity index (χ1v) is 7.66. The minimum Gasteiger partial charge on any atom is -0.476 e. The molecule has 1 aromatic rings. The van der Waals surface area contributed by atoms with Crippen LogP contribution >= 0.6 is 0 Å². The van der Waals surface area contributed by atoms with E-state index in [0.29, 0.717) is 23.1 Å². The molecule has 0 radical (unpaired) electrons. The summed E-state index contributed by atoms with van der Waals surface area (Å²) in [6, 6.07) is 0. The lowest BCUT2D eigenvalue weighted by molar-refractivity contribution is 0.0671. The van der Waals surface area contributed by atoms with Crippen LogP contribution in [0.15, 0.2) is 6.20 Å². The molecule has 0 unspecified atom stereocenters. The quantitative estimate of drug-likeness (QED) is 0.555. The molecule has 0 aliphatic carbocycles. The van der Waals surface area contributed by atoms with Crippen LogP contribution in [0.5, 0.6) is 0 Å². The van der Waals surface area contributed by atoms with Crippen molar-refractivity contribution in [3.05, 3.63) is 17.5 Å². The molecule has 1 aromatic heterocycles. The third-order valence-corrected chi connectivity index (χ3v) is 3.18. The summed E-state index contributed by atoms with van der Waals surface area (Å²) in [7, 11) is 1.87. The number of hydrogen-bond acceptors (Lipinski definition) is 4. The Labute approximate surface area is 109 Å². The van der Waals surface area contributed by atoms with Crippen molar-refractivity contribution in [1.82, 2.24) is 9.78 Å². The summed E-state index contributed by atoms with van der Waals surface area (Å²) in [6.45, 7) is 1.15. The van der Waals surface area contributed by atoms with Crippen LogP contribution in [-0.2, 0) is 33.7 Å². The van der Waals surface area contributed by atoms with Gasteiger partial charge < -0.3 is 14.6 Å². The van der Waals surface area contributed by atoms with Crippen LogP contribution in [0.4, 0.5) is 0 Å². The lowest BCUT2D eigenvalue weighted by atomic mass is 10.3. The predicted octanol–water partition coefficient (Wildman–Crippen LogP) is 0.580. The van der Waals surface area contributed by atoms with Crippen LogP contribution in [0.1, 0.15) is 16.1 Å². The van der Waals surface area contributed by atoms with Crippen LogP contribution in [0.3, 0.4) is 0 Å². The highest BCUT2D eigenvalue weighted by Gasteiger charge is 2.15. The zero-order valence-electron chi connectivity index (χ0n) is 10.9. The second kappa shape index (κ2) is 7.40. The SMILES string of the molecule is COCc1cn(COCC[S+](C)C)nc1C(=O)O. The zero-order chi connectivity index (χ0) is 13.5. The van der Waals surface area contributed by atoms with E-state index < -0.39 is 5.97 Å². The van der Waals surface area contributed by atoms with Crippen molar-refractivity contribution in [3.8, 4) is 0 Å². The normalized spacial score (nSPS) is 11.1. The lowest BCUT2D eigenvalue weighted by Gasteiger charge is -2.02. The maximum absolute atomic E-state index is 11.0. The number of aromatic nitrogens is 2. The molecular formula is C11H19N2O4S+. The number of hydrogen-bond donors (Lipinski definition) is 1. The summed E-state index contributed by atoms with van der Waals surface area (Å²) in [5.41, 5.74) is 0.575. The summed E-state index contributed by atoms with van der Waals surface area (Å²) in [5.74, 6) is -0.0534. The van der Waals surface area contributed by atoms with Crippen molar-refractivity contribution >= 4 is 16.9 Å². The molecule has 0 aliphatic heterocycles. The molecule has 0 fully saturated rings. The Hall–Kier alpha value is -1.05. The number of methoxy groups -OCH3 is 1. The Morgan fingerprint density at radius 2 is 2.28 bits per heavy atom. The average molecular weight is 275 g/mol. The predicted molar refractivity (Wildman–Crippen MR) is 69.9 cm³/mol. The van der Waals surface area contributed by atoms with E-state index in [1.807, 2.05) is 0 Å². The van der Waals surface area contributed by atoms with Crippen molar-refractivity contribution in [2.45, 2.75) is 13.3 Å². The number of aromatic carboxylic acids is 1. The largest absolute Gasteiger partial charge is 0.476 e. The summed E-state index contributed by atoms with van der Waals surface area (Å²) >= 11 is 0. The van der Waals surface area contributed by atoms with Gasteiger partial charge in [0.2, 0.25) is 0 Å². The number of rotatable bonds is 8. The molecule has 7 heteroatoms. The molecular weight excluding hydrogens is 256 g/mol. The third-order valence-electron chi connectivity index (χ3n) is 2.20. The smallest absolute Gasteiger partial charge is 0.356 e. The molecule has 6 nitrogen and oxygen atoms in total. The molecule has 0 aliphatic rings. The summed E-state index contributed by atoms with van der Waals surface area (Å²) in [4.78, 5) is 11.0. The Bertz CT molecular complexity index is 392. The molecule has 0 aromatic carbocycles. The van der Waals surface area contributed by atoms with Crippen LogP contribution in [0.25, 0.3) is 0 Å². The maximum atomic E-state index is 11.0. The number of carboxylic acids is 1. The molecule has 1 rings (SSSR count). The Kier molecular flexibility index (Phi) is 6.17. The molecule has 0 spiro atoms. The molecule has 1 heterocycles. The zero-order valence-corrected chi connectivity index (χ0v) is 11.7. The van der Waals surface area contributed by atoms with E-state index in [9.17, 15) is 4.79 Å². The van der Waals surface area contributed by atoms with E-state index in [2.05, 4.69) is 17.6 Å². The van der Waals surface area contributed by atoms with Gasteiger partial charge in [-0.2, -0.15) is 5.10 Å². The molecule has 102 valence electrons. The van der Waals surface area contributed by atoms with Crippen molar-refractivity contribution in [2.75, 3.05) is 32.0 Å². The monoisotopic (exact) mass is 275 g/mol. The van der Waals surface area contributed by atoms with Gasteiger partial charge in [0, 0.05) is 18.9 Å². The minimum absolute atomic E-state index is 0.0196. The highest BCUT2D eigenvalue weighted by molar-refractivity contribution is 7.95. The number of ether oxygens (including phenoxy) is 2. The molecule has 0 atom stereocenters. The minimum atomic E-state index is -1.05. The molecule has 18 heavy (non-hydrogen) atoms. The fourth-order valence-corrected chi connectivity index (χ4v) is 1.80. The molecule has 0 bridgehead atoms. The van der Waals surface area contributed by atoms with Crippen molar-refractivity contribution in [3.63, 3.8) is 0 Å². The summed E-state index contributed by atoms with van der Waals surface area (Å²) in [5, 5.41) is 12.9. The van der Waals surface area contributed by atoms with Gasteiger partial charge in [-0.1, -0.05) is 0 Å². The van der Waals surface area contributed by atoms with E-state index in [4.69, 9.17) is 14.6 Å². The fraction of sp³-hybridized carbons (Fsp3) is 0.636. The van der Waals surface area contributed by atoms with E-state index in [1.165, 1.54) is 11.8 Å². The van der Waals surface area contributed by atoms with Crippen molar-refractivity contribution < 1.29 is 19.4 Å². The van der Waals surface area contributed by atoms with Crippen LogP contribution in [-0.4, -0.2) is 52.8 Å². The Balaban J connectivity index is 2.55. The van der Waals surface area contributed by atoms with Gasteiger partial charge in [0.25, 0.3) is 0 Å². The van der Waals surface area contributed by atoms with Gasteiger partial charge in [0.15, 0.2) is 5.69 Å². The summed E-state index contributed by atoms with van der Waals surface area (Å²) in [6.07, 6.45) is 5.94. The van der Waals surface area contributed by atoms with E-state index >= 15 is 0 Å². The highest BCUT2D eigenvalue weighted by atomic mass is 32.2. The first-order valence-electron chi connectivity index (χ1n) is 5.45. The first kappa shape index (κ1) is 15.0. The van der Waals surface area contributed by atoms with Crippen molar-refractivity contribution in [1.29, 1.82) is 0 Å². The van der Waals surface area contributed by atoms with Gasteiger partial charge in [0.1, 0.15) is 12.5 Å². The summed E-state index contributed by atoms with van der Waals surface area (Å²) < 4.78 is 11.9. The number of nitrogens with zero attached hydrogens (tertiary/aromatic N) is 2. The highest BCUT2D eigenvalue weighted by Crippen LogP contribution is 2.08. The van der Waals surface area contributed by atoms with Gasteiger partial charge in [-0.3, -0.25) is 0 Å². The first-order chi connectivity index (χ1) is 8.54. The van der Waals surface area contributed by atoms with Gasteiger partial charge in [0.05, 0.1) is 25.7 Å². The van der Waals surface area contributed by atoms with Crippen molar-refractivity contribution in [2.24, 2.45) is 0 Å². The molecule has 0 amide bonds. The Morgan fingerprint density at radius 3 is 2.83 bits per heavy atom. The van der Waals surface area contributed by atoms with E-state index in [1.54, 1.807) is 6.20 Å². The number of carbonyl (C=O) groups is 1. The van der Waals surface area contributed by atoms with Crippen LogP contribution in [0.2, 0.25) is 0 Å². The lowest BCUT2D eigenvalue weighted by Crippen LogP contribution is -2.12. The molecule has 0 saturated heterocycles. The van der Waals surface area contributed by atoms with Gasteiger partial charge in [-0.15, -0.1) is 0 Å². The van der Waals surface area contributed by atoms with Crippen LogP contribution < -0.4 is 0 Å². The molecule has 0 saturated carbocycles. The van der Waals surface area contributed by atoms with Crippen LogP contribution in [0, 0.1) is 0 Å². The fourth-order valence-electron chi connectivity index (χ4n) is 1.35. The Morgan fingerprint density at radius 1 is 1.56 bits per heavy atom. The standard InChI is InChI=1S/C11H18N2O4S/c1-16-7-9-6-13(12-10(9)11(14)15)8-17-4-5-18(2)3/h6H,4-5,7-8H2,1-3H3/p+1. The molecule has 1 N–H and O–H groups in total.